The second kappa shape index (κ2) is 6.41. The van der Waals surface area contributed by atoms with E-state index in [2.05, 4.69) is 10.3 Å². The summed E-state index contributed by atoms with van der Waals surface area (Å²) in [6, 6.07) is 15.9. The number of sulfone groups is 1. The maximum Gasteiger partial charge on any atom is 0.255 e. The van der Waals surface area contributed by atoms with E-state index in [1.807, 2.05) is 24.3 Å². The first-order valence-electron chi connectivity index (χ1n) is 7.34. The number of carbonyl (C=O) groups is 1. The highest BCUT2D eigenvalue weighted by Crippen LogP contribution is 2.21. The van der Waals surface area contributed by atoms with Gasteiger partial charge in [-0.25, -0.2) is 8.42 Å². The maximum atomic E-state index is 12.4. The van der Waals surface area contributed by atoms with Gasteiger partial charge in [0, 0.05) is 23.4 Å². The molecule has 0 aliphatic carbocycles. The topological polar surface area (TPSA) is 76.1 Å². The molecule has 0 saturated heterocycles. The maximum absolute atomic E-state index is 12.4. The third-order valence-corrected chi connectivity index (χ3v) is 4.38. The largest absolute Gasteiger partial charge is 0.320 e. The fourth-order valence-corrected chi connectivity index (χ4v) is 3.25. The Kier molecular flexibility index (Phi) is 4.31. The SMILES string of the molecule is CS(=O)(=O)Cc1ccc(C(=O)Nc2cccc3cccnc23)cc1. The van der Waals surface area contributed by atoms with Crippen LogP contribution in [0, 0.1) is 0 Å². The van der Waals surface area contributed by atoms with Crippen LogP contribution in [0.25, 0.3) is 10.9 Å². The number of para-hydroxylation sites is 1. The third-order valence-electron chi connectivity index (χ3n) is 3.53. The predicted molar refractivity (Wildman–Crippen MR) is 94.7 cm³/mol. The number of hydrogen-bond acceptors (Lipinski definition) is 4. The van der Waals surface area contributed by atoms with Crippen molar-refractivity contribution in [1.82, 2.24) is 4.98 Å². The number of anilines is 1. The average molecular weight is 340 g/mol. The number of nitrogens with one attached hydrogen (secondary N) is 1. The number of benzene rings is 2. The van der Waals surface area contributed by atoms with Crippen molar-refractivity contribution in [3.8, 4) is 0 Å². The Labute approximate surface area is 140 Å². The van der Waals surface area contributed by atoms with Gasteiger partial charge >= 0.3 is 0 Å². The minimum atomic E-state index is -3.09. The summed E-state index contributed by atoms with van der Waals surface area (Å²) in [5.74, 6) is -0.304. The van der Waals surface area contributed by atoms with Crippen LogP contribution in [0.3, 0.4) is 0 Å². The van der Waals surface area contributed by atoms with Gasteiger partial charge in [0.25, 0.3) is 5.91 Å². The van der Waals surface area contributed by atoms with Crippen molar-refractivity contribution in [3.05, 3.63) is 71.9 Å². The van der Waals surface area contributed by atoms with E-state index in [0.29, 0.717) is 16.8 Å². The number of pyridine rings is 1. The smallest absolute Gasteiger partial charge is 0.255 e. The highest BCUT2D eigenvalue weighted by molar-refractivity contribution is 7.89. The Bertz CT molecular complexity index is 991. The minimum absolute atomic E-state index is 0.0395. The van der Waals surface area contributed by atoms with Crippen LogP contribution in [0.4, 0.5) is 5.69 Å². The van der Waals surface area contributed by atoms with Gasteiger partial charge in [-0.3, -0.25) is 9.78 Å². The molecule has 3 aromatic rings. The molecule has 3 rings (SSSR count). The molecule has 0 aliphatic rings. The Morgan fingerprint density at radius 3 is 2.46 bits per heavy atom. The zero-order chi connectivity index (χ0) is 17.2. The normalized spacial score (nSPS) is 11.4. The molecule has 0 atom stereocenters. The molecule has 0 bridgehead atoms. The van der Waals surface area contributed by atoms with Gasteiger partial charge in [-0.2, -0.15) is 0 Å². The van der Waals surface area contributed by atoms with Gasteiger partial charge in [0.05, 0.1) is 17.0 Å². The van der Waals surface area contributed by atoms with Crippen LogP contribution in [0.5, 0.6) is 0 Å². The van der Waals surface area contributed by atoms with Crippen molar-refractivity contribution in [3.63, 3.8) is 0 Å². The van der Waals surface area contributed by atoms with Gasteiger partial charge in [-0.1, -0.05) is 30.3 Å². The molecule has 1 aromatic heterocycles. The van der Waals surface area contributed by atoms with Crippen molar-refractivity contribution < 1.29 is 13.2 Å². The standard InChI is InChI=1S/C18H16N2O3S/c1-24(22,23)12-13-7-9-15(10-8-13)18(21)20-16-6-2-4-14-5-3-11-19-17(14)16/h2-11H,12H2,1H3,(H,20,21). The number of aromatic nitrogens is 1. The lowest BCUT2D eigenvalue weighted by Gasteiger charge is -2.08. The zero-order valence-electron chi connectivity index (χ0n) is 13.1. The Balaban J connectivity index is 1.82. The van der Waals surface area contributed by atoms with Gasteiger partial charge in [0.15, 0.2) is 9.84 Å². The van der Waals surface area contributed by atoms with Gasteiger partial charge in [-0.05, 0) is 29.8 Å². The van der Waals surface area contributed by atoms with Crippen molar-refractivity contribution in [2.45, 2.75) is 5.75 Å². The van der Waals surface area contributed by atoms with E-state index in [1.54, 1.807) is 36.5 Å². The highest BCUT2D eigenvalue weighted by Gasteiger charge is 2.10. The molecular formula is C18H16N2O3S. The second-order valence-corrected chi connectivity index (χ2v) is 7.74. The molecule has 0 radical (unpaired) electrons. The van der Waals surface area contributed by atoms with Crippen molar-refractivity contribution in [1.29, 1.82) is 0 Å². The number of amides is 1. The molecule has 0 unspecified atom stereocenters. The molecule has 122 valence electrons. The molecule has 2 aromatic carbocycles. The molecule has 24 heavy (non-hydrogen) atoms. The van der Waals surface area contributed by atoms with Crippen LogP contribution in [0.2, 0.25) is 0 Å². The Morgan fingerprint density at radius 1 is 1.04 bits per heavy atom. The number of nitrogens with zero attached hydrogens (tertiary/aromatic N) is 1. The first-order chi connectivity index (χ1) is 11.4. The van der Waals surface area contributed by atoms with E-state index in [9.17, 15) is 13.2 Å². The van der Waals surface area contributed by atoms with Gasteiger partial charge < -0.3 is 5.32 Å². The number of carbonyl (C=O) groups excluding carboxylic acids is 1. The summed E-state index contributed by atoms with van der Waals surface area (Å²) in [4.78, 5) is 16.7. The number of fused-ring (bicyclic) bond motifs is 1. The first-order valence-corrected chi connectivity index (χ1v) is 9.40. The molecule has 5 nitrogen and oxygen atoms in total. The summed E-state index contributed by atoms with van der Waals surface area (Å²) in [5.41, 5.74) is 2.47. The number of hydrogen-bond donors (Lipinski definition) is 1. The predicted octanol–water partition coefficient (Wildman–Crippen LogP) is 3.03. The molecule has 1 amide bonds. The molecule has 1 N–H and O–H groups in total. The van der Waals surface area contributed by atoms with E-state index >= 15 is 0 Å². The Morgan fingerprint density at radius 2 is 1.75 bits per heavy atom. The van der Waals surface area contributed by atoms with E-state index in [0.717, 1.165) is 10.9 Å². The summed E-state index contributed by atoms with van der Waals surface area (Å²) in [7, 11) is -3.09. The lowest BCUT2D eigenvalue weighted by molar-refractivity contribution is 0.102. The first kappa shape index (κ1) is 16.1. The quantitative estimate of drug-likeness (QED) is 0.792. The monoisotopic (exact) mass is 340 g/mol. The van der Waals surface area contributed by atoms with Gasteiger partial charge in [0.1, 0.15) is 0 Å². The molecule has 0 spiro atoms. The van der Waals surface area contributed by atoms with Crippen LogP contribution in [-0.4, -0.2) is 25.6 Å². The van der Waals surface area contributed by atoms with Crippen LogP contribution >= 0.6 is 0 Å². The molecule has 1 heterocycles. The van der Waals surface area contributed by atoms with Crippen LogP contribution in [0.15, 0.2) is 60.8 Å². The van der Waals surface area contributed by atoms with Gasteiger partial charge in [-0.15, -0.1) is 0 Å². The number of rotatable bonds is 4. The van der Waals surface area contributed by atoms with Crippen LogP contribution < -0.4 is 5.32 Å². The summed E-state index contributed by atoms with van der Waals surface area (Å²) >= 11 is 0. The average Bonchev–Trinajstić information content (AvgIpc) is 2.54. The van der Waals surface area contributed by atoms with E-state index < -0.39 is 9.84 Å². The summed E-state index contributed by atoms with van der Waals surface area (Å²) in [6.45, 7) is 0. The molecule has 0 aliphatic heterocycles. The van der Waals surface area contributed by atoms with Crippen molar-refractivity contribution in [2.24, 2.45) is 0 Å². The molecular weight excluding hydrogens is 324 g/mol. The lowest BCUT2D eigenvalue weighted by atomic mass is 10.1. The lowest BCUT2D eigenvalue weighted by Crippen LogP contribution is -2.12. The van der Waals surface area contributed by atoms with Crippen LogP contribution in [-0.2, 0) is 15.6 Å². The summed E-state index contributed by atoms with van der Waals surface area (Å²) in [6.07, 6.45) is 2.86. The van der Waals surface area contributed by atoms with Crippen molar-refractivity contribution in [2.75, 3.05) is 11.6 Å². The van der Waals surface area contributed by atoms with Gasteiger partial charge in [0.2, 0.25) is 0 Å². The van der Waals surface area contributed by atoms with E-state index in [4.69, 9.17) is 0 Å². The Hall–Kier alpha value is -2.73. The third kappa shape index (κ3) is 3.78. The minimum Gasteiger partial charge on any atom is -0.320 e. The molecule has 0 fully saturated rings. The molecule has 6 heteroatoms. The fraction of sp³-hybridized carbons (Fsp3) is 0.111. The second-order valence-electron chi connectivity index (χ2n) is 5.60. The van der Waals surface area contributed by atoms with E-state index in [1.165, 1.54) is 6.26 Å². The zero-order valence-corrected chi connectivity index (χ0v) is 13.9. The highest BCUT2D eigenvalue weighted by atomic mass is 32.2. The summed E-state index contributed by atoms with van der Waals surface area (Å²) < 4.78 is 22.6. The summed E-state index contributed by atoms with van der Waals surface area (Å²) in [5, 5.41) is 3.79. The van der Waals surface area contributed by atoms with Crippen molar-refractivity contribution >= 4 is 32.3 Å². The van der Waals surface area contributed by atoms with Crippen LogP contribution in [0.1, 0.15) is 15.9 Å². The molecule has 0 saturated carbocycles. The van der Waals surface area contributed by atoms with E-state index in [-0.39, 0.29) is 11.7 Å². The fourth-order valence-electron chi connectivity index (χ4n) is 2.45.